The molecule has 0 aromatic carbocycles. The molecule has 3 heterocycles. The molecule has 1 aliphatic carbocycles. The van der Waals surface area contributed by atoms with Crippen molar-refractivity contribution in [2.45, 2.75) is 58.1 Å². The van der Waals surface area contributed by atoms with E-state index in [1.54, 1.807) is 7.11 Å². The van der Waals surface area contributed by atoms with Crippen molar-refractivity contribution in [3.8, 4) is 6.01 Å². The Labute approximate surface area is 156 Å². The Morgan fingerprint density at radius 1 is 1.12 bits per heavy atom. The smallest absolute Gasteiger partial charge is 0.322 e. The van der Waals surface area contributed by atoms with Gasteiger partial charge in [0.2, 0.25) is 11.9 Å². The van der Waals surface area contributed by atoms with Crippen LogP contribution in [0.2, 0.25) is 0 Å². The number of rotatable bonds is 4. The average Bonchev–Trinajstić information content (AvgIpc) is 2.90. The van der Waals surface area contributed by atoms with E-state index in [0.717, 1.165) is 32.1 Å². The number of hydrogen-bond acceptors (Lipinski definition) is 7. The van der Waals surface area contributed by atoms with Gasteiger partial charge in [-0.25, -0.2) is 0 Å². The highest BCUT2D eigenvalue weighted by atomic mass is 16.5. The maximum atomic E-state index is 5.95. The maximum Gasteiger partial charge on any atom is 0.322 e. The summed E-state index contributed by atoms with van der Waals surface area (Å²) in [6.07, 6.45) is 6.41. The van der Waals surface area contributed by atoms with Crippen LogP contribution >= 0.6 is 0 Å². The zero-order valence-electron chi connectivity index (χ0n) is 16.4. The monoisotopic (exact) mass is 361 g/mol. The molecule has 26 heavy (non-hydrogen) atoms. The van der Waals surface area contributed by atoms with Crippen molar-refractivity contribution in [3.63, 3.8) is 0 Å². The van der Waals surface area contributed by atoms with Gasteiger partial charge in [0.1, 0.15) is 0 Å². The molecule has 1 aromatic rings. The first-order chi connectivity index (χ1) is 12.5. The fourth-order valence-corrected chi connectivity index (χ4v) is 5.20. The minimum absolute atomic E-state index is 0.0958. The molecular formula is C19H31N5O2. The number of fused-ring (bicyclic) bond motifs is 1. The minimum atomic E-state index is 0.0958. The predicted molar refractivity (Wildman–Crippen MR) is 101 cm³/mol. The Morgan fingerprint density at radius 2 is 1.85 bits per heavy atom. The topological polar surface area (TPSA) is 63.6 Å². The minimum Gasteiger partial charge on any atom is -0.467 e. The van der Waals surface area contributed by atoms with E-state index in [4.69, 9.17) is 14.5 Å². The summed E-state index contributed by atoms with van der Waals surface area (Å²) in [6.45, 7) is 7.44. The van der Waals surface area contributed by atoms with Gasteiger partial charge in [0, 0.05) is 44.1 Å². The van der Waals surface area contributed by atoms with E-state index in [1.165, 1.54) is 25.7 Å². The van der Waals surface area contributed by atoms with Gasteiger partial charge in [-0.05, 0) is 19.3 Å². The normalized spacial score (nSPS) is 30.3. The van der Waals surface area contributed by atoms with Gasteiger partial charge in [-0.3, -0.25) is 0 Å². The fourth-order valence-electron chi connectivity index (χ4n) is 5.20. The third-order valence-electron chi connectivity index (χ3n) is 6.43. The Morgan fingerprint density at radius 3 is 2.54 bits per heavy atom. The Bertz CT molecular complexity index is 645. The zero-order chi connectivity index (χ0) is 18.3. The Kier molecular flexibility index (Phi) is 4.67. The second kappa shape index (κ2) is 6.83. The van der Waals surface area contributed by atoms with Crippen LogP contribution in [0.5, 0.6) is 6.01 Å². The summed E-state index contributed by atoms with van der Waals surface area (Å²) in [5.41, 5.74) is 0.0958. The van der Waals surface area contributed by atoms with Crippen molar-refractivity contribution in [2.24, 2.45) is 11.3 Å². The number of anilines is 2. The lowest BCUT2D eigenvalue weighted by Crippen LogP contribution is -2.66. The van der Waals surface area contributed by atoms with Crippen molar-refractivity contribution in [3.05, 3.63) is 0 Å². The van der Waals surface area contributed by atoms with Crippen molar-refractivity contribution in [1.29, 1.82) is 0 Å². The van der Waals surface area contributed by atoms with E-state index in [1.807, 2.05) is 0 Å². The van der Waals surface area contributed by atoms with E-state index < -0.39 is 0 Å². The van der Waals surface area contributed by atoms with Gasteiger partial charge >= 0.3 is 6.01 Å². The van der Waals surface area contributed by atoms with E-state index >= 15 is 0 Å². The number of hydrogen-bond donors (Lipinski definition) is 0. The number of ether oxygens (including phenoxy) is 2. The lowest BCUT2D eigenvalue weighted by Gasteiger charge is -2.57. The van der Waals surface area contributed by atoms with E-state index in [-0.39, 0.29) is 5.41 Å². The SMILES string of the molecule is COc1nc(N2CCCCCC2)nc(N(C)[C@@H]2[C@H]3CCO[C@@H]3C2(C)C)n1. The quantitative estimate of drug-likeness (QED) is 0.816. The van der Waals surface area contributed by atoms with Crippen molar-refractivity contribution >= 4 is 11.9 Å². The summed E-state index contributed by atoms with van der Waals surface area (Å²) >= 11 is 0. The molecule has 7 heteroatoms. The van der Waals surface area contributed by atoms with Gasteiger partial charge in [0.25, 0.3) is 0 Å². The highest BCUT2D eigenvalue weighted by Gasteiger charge is 2.61. The van der Waals surface area contributed by atoms with Gasteiger partial charge in [0.05, 0.1) is 13.2 Å². The number of aromatic nitrogens is 3. The molecule has 0 spiro atoms. The van der Waals surface area contributed by atoms with Crippen LogP contribution in [0, 0.1) is 11.3 Å². The second-order valence-corrected chi connectivity index (χ2v) is 8.44. The summed E-state index contributed by atoms with van der Waals surface area (Å²) < 4.78 is 11.3. The van der Waals surface area contributed by atoms with Gasteiger partial charge in [-0.1, -0.05) is 26.7 Å². The summed E-state index contributed by atoms with van der Waals surface area (Å²) in [5, 5.41) is 0. The lowest BCUT2D eigenvalue weighted by molar-refractivity contribution is -0.101. The van der Waals surface area contributed by atoms with Crippen molar-refractivity contribution in [1.82, 2.24) is 15.0 Å². The Hall–Kier alpha value is -1.63. The zero-order valence-corrected chi connectivity index (χ0v) is 16.4. The molecule has 3 atom stereocenters. The lowest BCUT2D eigenvalue weighted by atomic mass is 9.57. The highest BCUT2D eigenvalue weighted by Crippen LogP contribution is 2.54. The molecule has 4 rings (SSSR count). The van der Waals surface area contributed by atoms with Gasteiger partial charge in [0.15, 0.2) is 0 Å². The molecule has 0 unspecified atom stereocenters. The van der Waals surface area contributed by atoms with Gasteiger partial charge in [-0.2, -0.15) is 15.0 Å². The summed E-state index contributed by atoms with van der Waals surface area (Å²) in [5.74, 6) is 2.01. The summed E-state index contributed by atoms with van der Waals surface area (Å²) in [7, 11) is 3.72. The van der Waals surface area contributed by atoms with Crippen LogP contribution < -0.4 is 14.5 Å². The molecular weight excluding hydrogens is 330 g/mol. The number of nitrogens with zero attached hydrogens (tertiary/aromatic N) is 5. The predicted octanol–water partition coefficient (Wildman–Crippen LogP) is 2.51. The first kappa shape index (κ1) is 17.8. The van der Waals surface area contributed by atoms with Crippen LogP contribution in [0.3, 0.4) is 0 Å². The standard InChI is InChI=1S/C19H31N5O2/c1-19(2)14(13-9-12-26-15(13)19)23(3)16-20-17(22-18(21-16)25-4)24-10-7-5-6-8-11-24/h13-15H,5-12H2,1-4H3/t13-,14-,15+/m1/s1. The van der Waals surface area contributed by atoms with Crippen LogP contribution in [0.4, 0.5) is 11.9 Å². The molecule has 1 aromatic heterocycles. The molecule has 7 nitrogen and oxygen atoms in total. The third-order valence-corrected chi connectivity index (χ3v) is 6.43. The second-order valence-electron chi connectivity index (χ2n) is 8.44. The molecule has 144 valence electrons. The van der Waals surface area contributed by atoms with Crippen LogP contribution in [0.1, 0.15) is 46.0 Å². The fraction of sp³-hybridized carbons (Fsp3) is 0.842. The largest absolute Gasteiger partial charge is 0.467 e. The van der Waals surface area contributed by atoms with E-state index in [9.17, 15) is 0 Å². The molecule has 3 fully saturated rings. The Balaban J connectivity index is 1.62. The molecule has 3 aliphatic rings. The van der Waals surface area contributed by atoms with Crippen molar-refractivity contribution in [2.75, 3.05) is 43.7 Å². The van der Waals surface area contributed by atoms with Gasteiger partial charge in [-0.15, -0.1) is 0 Å². The number of methoxy groups -OCH3 is 1. The summed E-state index contributed by atoms with van der Waals surface area (Å²) in [6, 6.07) is 0.775. The maximum absolute atomic E-state index is 5.95. The van der Waals surface area contributed by atoms with E-state index in [2.05, 4.69) is 40.7 Å². The summed E-state index contributed by atoms with van der Waals surface area (Å²) in [4.78, 5) is 18.4. The average molecular weight is 361 g/mol. The van der Waals surface area contributed by atoms with Crippen LogP contribution in [-0.4, -0.2) is 61.0 Å². The first-order valence-electron chi connectivity index (χ1n) is 9.92. The van der Waals surface area contributed by atoms with Crippen LogP contribution in [-0.2, 0) is 4.74 Å². The molecule has 2 saturated heterocycles. The molecule has 1 saturated carbocycles. The molecule has 2 aliphatic heterocycles. The van der Waals surface area contributed by atoms with Crippen LogP contribution in [0.15, 0.2) is 0 Å². The highest BCUT2D eigenvalue weighted by molar-refractivity contribution is 5.43. The first-order valence-corrected chi connectivity index (χ1v) is 9.92. The molecule has 0 bridgehead atoms. The molecule has 0 N–H and O–H groups in total. The van der Waals surface area contributed by atoms with Gasteiger partial charge < -0.3 is 19.3 Å². The van der Waals surface area contributed by atoms with Crippen molar-refractivity contribution < 1.29 is 9.47 Å². The van der Waals surface area contributed by atoms with E-state index in [0.29, 0.717) is 30.0 Å². The third kappa shape index (κ3) is 2.90. The van der Waals surface area contributed by atoms with Crippen LogP contribution in [0.25, 0.3) is 0 Å². The molecule has 0 amide bonds. The molecule has 0 radical (unpaired) electrons.